The Morgan fingerprint density at radius 3 is 2.49 bits per heavy atom. The molecule has 0 aliphatic carbocycles. The summed E-state index contributed by atoms with van der Waals surface area (Å²) in [7, 11) is 0. The average Bonchev–Trinajstić information content (AvgIpc) is 2.97. The first-order valence-corrected chi connectivity index (χ1v) is 13.6. The number of benzene rings is 1. The fourth-order valence-electron chi connectivity index (χ4n) is 5.54. The zero-order chi connectivity index (χ0) is 29.1. The maximum Gasteiger partial charge on any atom is 0.337 e. The van der Waals surface area contributed by atoms with Crippen molar-refractivity contribution >= 4 is 5.97 Å². The molecule has 5 rings (SSSR count). The number of ether oxygens (including phenoxy) is 4. The number of hydrogen-bond acceptors (Lipinski definition) is 11. The zero-order valence-corrected chi connectivity index (χ0v) is 22.4. The minimum absolute atomic E-state index is 0.226. The van der Waals surface area contributed by atoms with E-state index in [0.29, 0.717) is 24.8 Å². The minimum Gasteiger partial charge on any atom is -0.508 e. The number of carbonyl (C=O) groups excluding carboxylic acids is 1. The predicted octanol–water partition coefficient (Wildman–Crippen LogP) is 0.905. The monoisotopic (exact) mass is 569 g/mol. The first kappa shape index (κ1) is 29.2. The number of aromatic nitrogens is 1. The third kappa shape index (κ3) is 6.45. The SMILES string of the molecule is C=C[C@H]1[C@H](O[C@@H]2O[C@H](CO)[C@@H](O)[C@H](O)[C@H]2O)OC=C2C(=O)O[C@H](Cc3cccc(CCc4ccc(O)cc4)n3)C[C@H]21. The van der Waals surface area contributed by atoms with Crippen molar-refractivity contribution in [3.63, 3.8) is 0 Å². The Labute approximate surface area is 237 Å². The quantitative estimate of drug-likeness (QED) is 0.215. The van der Waals surface area contributed by atoms with Gasteiger partial charge in [-0.25, -0.2) is 4.79 Å². The highest BCUT2D eigenvalue weighted by Crippen LogP contribution is 2.41. The van der Waals surface area contributed by atoms with Gasteiger partial charge in [0.1, 0.15) is 36.3 Å². The molecule has 2 saturated heterocycles. The van der Waals surface area contributed by atoms with Crippen LogP contribution in [0.3, 0.4) is 0 Å². The third-order valence-electron chi connectivity index (χ3n) is 7.83. The Morgan fingerprint density at radius 2 is 1.76 bits per heavy atom. The van der Waals surface area contributed by atoms with E-state index in [9.17, 15) is 30.3 Å². The number of phenolic OH excluding ortho intramolecular Hbond substituents is 1. The molecule has 4 heterocycles. The second-order valence-corrected chi connectivity index (χ2v) is 10.6. The van der Waals surface area contributed by atoms with Crippen LogP contribution in [0.15, 0.2) is 67.0 Å². The highest BCUT2D eigenvalue weighted by molar-refractivity contribution is 5.90. The Bertz CT molecular complexity index is 1250. The zero-order valence-electron chi connectivity index (χ0n) is 22.4. The second-order valence-electron chi connectivity index (χ2n) is 10.6. The molecule has 0 unspecified atom stereocenters. The molecule has 0 saturated carbocycles. The van der Waals surface area contributed by atoms with Gasteiger partial charge < -0.3 is 44.5 Å². The molecule has 11 nitrogen and oxygen atoms in total. The lowest BCUT2D eigenvalue weighted by Gasteiger charge is -2.44. The lowest BCUT2D eigenvalue weighted by Crippen LogP contribution is -2.60. The van der Waals surface area contributed by atoms with Gasteiger partial charge in [-0.3, -0.25) is 4.98 Å². The summed E-state index contributed by atoms with van der Waals surface area (Å²) in [6, 6.07) is 12.8. The van der Waals surface area contributed by atoms with Gasteiger partial charge >= 0.3 is 5.97 Å². The summed E-state index contributed by atoms with van der Waals surface area (Å²) in [6.45, 7) is 3.30. The van der Waals surface area contributed by atoms with Gasteiger partial charge in [0.2, 0.25) is 6.29 Å². The van der Waals surface area contributed by atoms with Crippen LogP contribution in [0.4, 0.5) is 0 Å². The minimum atomic E-state index is -1.60. The number of aliphatic hydroxyl groups is 4. The molecule has 3 aliphatic rings. The maximum atomic E-state index is 12.9. The van der Waals surface area contributed by atoms with Gasteiger partial charge in [-0.1, -0.05) is 24.3 Å². The van der Waals surface area contributed by atoms with Crippen LogP contribution >= 0.6 is 0 Å². The van der Waals surface area contributed by atoms with Crippen LogP contribution in [-0.4, -0.2) is 86.2 Å². The Kier molecular flexibility index (Phi) is 9.03. The van der Waals surface area contributed by atoms with E-state index in [0.717, 1.165) is 23.4 Å². The van der Waals surface area contributed by atoms with Gasteiger partial charge in [-0.2, -0.15) is 0 Å². The molecule has 11 heteroatoms. The summed E-state index contributed by atoms with van der Waals surface area (Å²) >= 11 is 0. The molecular formula is C30H35NO10. The van der Waals surface area contributed by atoms with E-state index in [1.54, 1.807) is 18.2 Å². The highest BCUT2D eigenvalue weighted by atomic mass is 16.8. The number of esters is 1. The fourth-order valence-corrected chi connectivity index (χ4v) is 5.54. The topological polar surface area (TPSA) is 168 Å². The summed E-state index contributed by atoms with van der Waals surface area (Å²) < 4.78 is 22.7. The molecule has 5 N–H and O–H groups in total. The largest absolute Gasteiger partial charge is 0.508 e. The molecule has 0 radical (unpaired) electrons. The van der Waals surface area contributed by atoms with Crippen molar-refractivity contribution in [1.29, 1.82) is 0 Å². The van der Waals surface area contributed by atoms with Crippen molar-refractivity contribution in [2.75, 3.05) is 6.61 Å². The maximum absolute atomic E-state index is 12.9. The van der Waals surface area contributed by atoms with Crippen LogP contribution in [0.1, 0.15) is 23.4 Å². The van der Waals surface area contributed by atoms with Crippen LogP contribution in [-0.2, 0) is 43.0 Å². The van der Waals surface area contributed by atoms with Gasteiger partial charge in [0.15, 0.2) is 6.29 Å². The normalized spacial score (nSPS) is 33.2. The van der Waals surface area contributed by atoms with E-state index in [1.165, 1.54) is 6.26 Å². The average molecular weight is 570 g/mol. The first-order chi connectivity index (χ1) is 19.8. The van der Waals surface area contributed by atoms with E-state index < -0.39 is 61.6 Å². The molecule has 1 aromatic carbocycles. The van der Waals surface area contributed by atoms with Gasteiger partial charge in [0.05, 0.1) is 18.4 Å². The van der Waals surface area contributed by atoms with Crippen LogP contribution in [0, 0.1) is 11.8 Å². The van der Waals surface area contributed by atoms with E-state index in [-0.39, 0.29) is 11.7 Å². The number of aromatic hydroxyl groups is 1. The molecule has 0 spiro atoms. The predicted molar refractivity (Wildman–Crippen MR) is 143 cm³/mol. The van der Waals surface area contributed by atoms with Gasteiger partial charge in [0.25, 0.3) is 0 Å². The number of rotatable bonds is 9. The lowest BCUT2D eigenvalue weighted by atomic mass is 9.78. The van der Waals surface area contributed by atoms with E-state index in [2.05, 4.69) is 6.58 Å². The number of aliphatic hydroxyl groups excluding tert-OH is 4. The van der Waals surface area contributed by atoms with Crippen LogP contribution < -0.4 is 0 Å². The number of hydrogen-bond donors (Lipinski definition) is 5. The summed E-state index contributed by atoms with van der Waals surface area (Å²) in [5.74, 6) is -1.17. The molecule has 1 aromatic heterocycles. The van der Waals surface area contributed by atoms with Gasteiger partial charge in [-0.15, -0.1) is 6.58 Å². The summed E-state index contributed by atoms with van der Waals surface area (Å²) in [5, 5.41) is 49.5. The molecule has 220 valence electrons. The first-order valence-electron chi connectivity index (χ1n) is 13.6. The van der Waals surface area contributed by atoms with Crippen molar-refractivity contribution in [2.24, 2.45) is 11.8 Å². The standard InChI is InChI=1S/C30H35NO10/c1-2-21-22-13-20(12-18-5-3-4-17(31-18)9-6-16-7-10-19(33)11-8-16)39-28(37)23(22)15-38-29(21)41-30-27(36)26(35)25(34)24(14-32)40-30/h2-5,7-8,10-11,15,20-22,24-27,29-30,32-36H,1,6,9,12-14H2/t20-,21-,22+,24-,25-,26+,27-,29+,30+/m1/s1. The molecule has 9 atom stereocenters. The van der Waals surface area contributed by atoms with Crippen molar-refractivity contribution in [2.45, 2.75) is 68.8 Å². The number of fused-ring (bicyclic) bond motifs is 1. The number of pyridine rings is 1. The van der Waals surface area contributed by atoms with Crippen molar-refractivity contribution < 1.29 is 49.3 Å². The summed E-state index contributed by atoms with van der Waals surface area (Å²) in [6.07, 6.45) is -3.49. The Balaban J connectivity index is 1.24. The number of nitrogens with zero attached hydrogens (tertiary/aromatic N) is 1. The summed E-state index contributed by atoms with van der Waals surface area (Å²) in [5.41, 5.74) is 3.12. The highest BCUT2D eigenvalue weighted by Gasteiger charge is 2.49. The molecular weight excluding hydrogens is 534 g/mol. The Hall–Kier alpha value is -3.32. The smallest absolute Gasteiger partial charge is 0.337 e. The number of aryl methyl sites for hydroxylation is 2. The van der Waals surface area contributed by atoms with Crippen molar-refractivity contribution in [3.05, 3.63) is 83.9 Å². The third-order valence-corrected chi connectivity index (χ3v) is 7.83. The molecule has 2 aromatic rings. The fraction of sp³-hybridized carbons (Fsp3) is 0.467. The molecule has 0 bridgehead atoms. The molecule has 3 aliphatic heterocycles. The van der Waals surface area contributed by atoms with Crippen molar-refractivity contribution in [3.8, 4) is 5.75 Å². The molecule has 0 amide bonds. The van der Waals surface area contributed by atoms with E-state index >= 15 is 0 Å². The van der Waals surface area contributed by atoms with E-state index in [4.69, 9.17) is 23.9 Å². The lowest BCUT2D eigenvalue weighted by molar-refractivity contribution is -0.339. The number of carbonyl (C=O) groups is 1. The number of cyclic esters (lactones) is 1. The van der Waals surface area contributed by atoms with E-state index in [1.807, 2.05) is 30.3 Å². The van der Waals surface area contributed by atoms with Crippen LogP contribution in [0.2, 0.25) is 0 Å². The molecule has 2 fully saturated rings. The second kappa shape index (κ2) is 12.7. The Morgan fingerprint density at radius 1 is 1.00 bits per heavy atom. The number of phenols is 1. The molecule has 41 heavy (non-hydrogen) atoms. The van der Waals surface area contributed by atoms with Crippen molar-refractivity contribution in [1.82, 2.24) is 4.98 Å². The summed E-state index contributed by atoms with van der Waals surface area (Å²) in [4.78, 5) is 17.7. The van der Waals surface area contributed by atoms with Gasteiger partial charge in [-0.05, 0) is 49.1 Å². The van der Waals surface area contributed by atoms with Crippen LogP contribution in [0.25, 0.3) is 0 Å². The van der Waals surface area contributed by atoms with Gasteiger partial charge in [0, 0.05) is 29.6 Å². The van der Waals surface area contributed by atoms with Crippen LogP contribution in [0.5, 0.6) is 5.75 Å².